The van der Waals surface area contributed by atoms with Crippen molar-refractivity contribution in [1.29, 1.82) is 0 Å². The Morgan fingerprint density at radius 2 is 2.33 bits per heavy atom. The highest BCUT2D eigenvalue weighted by molar-refractivity contribution is 7.10. The number of rotatable bonds is 4. The summed E-state index contributed by atoms with van der Waals surface area (Å²) < 4.78 is 5.47. The van der Waals surface area contributed by atoms with Gasteiger partial charge in [0.1, 0.15) is 5.75 Å². The van der Waals surface area contributed by atoms with Gasteiger partial charge in [-0.2, -0.15) is 0 Å². The minimum absolute atomic E-state index is 0.0699. The number of hydrogen-bond donors (Lipinski definition) is 1. The van der Waals surface area contributed by atoms with Crippen LogP contribution in [0.2, 0.25) is 0 Å². The number of aryl methyl sites for hydroxylation is 1. The number of nitrogens with one attached hydrogen (secondary N) is 1. The number of amides is 1. The summed E-state index contributed by atoms with van der Waals surface area (Å²) in [4.78, 5) is 13.0. The van der Waals surface area contributed by atoms with Gasteiger partial charge in [0.15, 0.2) is 0 Å². The number of benzene rings is 1. The highest BCUT2D eigenvalue weighted by atomic mass is 32.1. The Labute approximate surface area is 128 Å². The molecule has 0 unspecified atom stereocenters. The molecule has 3 rings (SSSR count). The Kier molecular flexibility index (Phi) is 4.06. The maximum atomic E-state index is 11.8. The maximum absolute atomic E-state index is 11.8. The quantitative estimate of drug-likeness (QED) is 0.880. The van der Waals surface area contributed by atoms with E-state index in [1.165, 1.54) is 16.0 Å². The van der Waals surface area contributed by atoms with E-state index in [-0.39, 0.29) is 5.91 Å². The van der Waals surface area contributed by atoms with Crippen molar-refractivity contribution in [3.8, 4) is 5.75 Å². The molecule has 0 saturated carbocycles. The van der Waals surface area contributed by atoms with Crippen LogP contribution < -0.4 is 10.1 Å². The van der Waals surface area contributed by atoms with Crippen molar-refractivity contribution in [2.24, 2.45) is 0 Å². The summed E-state index contributed by atoms with van der Waals surface area (Å²) in [6, 6.07) is 8.08. The van der Waals surface area contributed by atoms with Gasteiger partial charge in [0.2, 0.25) is 5.91 Å². The van der Waals surface area contributed by atoms with Crippen molar-refractivity contribution < 1.29 is 9.53 Å². The van der Waals surface area contributed by atoms with Gasteiger partial charge in [0, 0.05) is 17.4 Å². The lowest BCUT2D eigenvalue weighted by Gasteiger charge is -2.02. The zero-order valence-corrected chi connectivity index (χ0v) is 12.7. The van der Waals surface area contributed by atoms with E-state index >= 15 is 0 Å². The molecular weight excluding hydrogens is 282 g/mol. The summed E-state index contributed by atoms with van der Waals surface area (Å²) in [6.45, 7) is 3.40. The summed E-state index contributed by atoms with van der Waals surface area (Å²) in [6.07, 6.45) is 4.37. The molecule has 0 spiro atoms. The first-order chi connectivity index (χ1) is 10.2. The van der Waals surface area contributed by atoms with Crippen LogP contribution in [-0.2, 0) is 17.8 Å². The number of ether oxygens (including phenoxy) is 1. The second-order valence-corrected chi connectivity index (χ2v) is 6.04. The average Bonchev–Trinajstić information content (AvgIpc) is 3.11. The fraction of sp³-hybridized carbons (Fsp3) is 0.235. The second kappa shape index (κ2) is 6.14. The van der Waals surface area contributed by atoms with Gasteiger partial charge < -0.3 is 10.1 Å². The van der Waals surface area contributed by atoms with Crippen molar-refractivity contribution in [3.63, 3.8) is 0 Å². The number of thiophene rings is 1. The Balaban J connectivity index is 1.58. The first kappa shape index (κ1) is 13.9. The van der Waals surface area contributed by atoms with E-state index in [0.717, 1.165) is 24.3 Å². The van der Waals surface area contributed by atoms with Gasteiger partial charge in [-0.15, -0.1) is 11.3 Å². The van der Waals surface area contributed by atoms with Gasteiger partial charge in [-0.3, -0.25) is 4.79 Å². The van der Waals surface area contributed by atoms with Crippen LogP contribution in [0.1, 0.15) is 21.6 Å². The molecule has 1 aromatic carbocycles. The van der Waals surface area contributed by atoms with Crippen molar-refractivity contribution >= 4 is 23.3 Å². The molecule has 3 nitrogen and oxygen atoms in total. The molecule has 0 radical (unpaired) electrons. The fourth-order valence-electron chi connectivity index (χ4n) is 2.29. The number of carbonyl (C=O) groups is 1. The molecular formula is C17H17NO2S. The van der Waals surface area contributed by atoms with E-state index in [4.69, 9.17) is 4.74 Å². The molecule has 1 amide bonds. The minimum Gasteiger partial charge on any atom is -0.493 e. The third-order valence-corrected chi connectivity index (χ3v) is 4.56. The van der Waals surface area contributed by atoms with Gasteiger partial charge in [-0.25, -0.2) is 0 Å². The van der Waals surface area contributed by atoms with Crippen LogP contribution in [0, 0.1) is 6.92 Å². The topological polar surface area (TPSA) is 38.3 Å². The van der Waals surface area contributed by atoms with Crippen LogP contribution in [0.4, 0.5) is 0 Å². The van der Waals surface area contributed by atoms with E-state index in [1.54, 1.807) is 17.4 Å². The summed E-state index contributed by atoms with van der Waals surface area (Å²) >= 11 is 1.67. The smallest absolute Gasteiger partial charge is 0.244 e. The fourth-order valence-corrected chi connectivity index (χ4v) is 3.14. The van der Waals surface area contributed by atoms with Gasteiger partial charge in [0.05, 0.1) is 13.2 Å². The van der Waals surface area contributed by atoms with Crippen LogP contribution >= 0.6 is 11.3 Å². The van der Waals surface area contributed by atoms with Crippen LogP contribution in [0.3, 0.4) is 0 Å². The normalized spacial score (nSPS) is 13.2. The Bertz CT molecular complexity index is 688. The SMILES string of the molecule is Cc1ccsc1CNC(=O)/C=C/c1ccc2c(c1)CCO2. The summed E-state index contributed by atoms with van der Waals surface area (Å²) in [7, 11) is 0. The number of hydrogen-bond acceptors (Lipinski definition) is 3. The largest absolute Gasteiger partial charge is 0.493 e. The third kappa shape index (κ3) is 3.34. The van der Waals surface area contributed by atoms with Gasteiger partial charge in [-0.1, -0.05) is 6.07 Å². The Hall–Kier alpha value is -2.07. The average molecular weight is 299 g/mol. The third-order valence-electron chi connectivity index (χ3n) is 3.53. The van der Waals surface area contributed by atoms with Crippen LogP contribution in [-0.4, -0.2) is 12.5 Å². The number of fused-ring (bicyclic) bond motifs is 1. The Morgan fingerprint density at radius 1 is 1.43 bits per heavy atom. The highest BCUT2D eigenvalue weighted by Gasteiger charge is 2.11. The van der Waals surface area contributed by atoms with E-state index in [2.05, 4.69) is 24.4 Å². The van der Waals surface area contributed by atoms with E-state index in [9.17, 15) is 4.79 Å². The molecule has 0 aliphatic carbocycles. The minimum atomic E-state index is -0.0699. The standard InChI is InChI=1S/C17H17NO2S/c1-12-7-9-21-16(12)11-18-17(19)5-3-13-2-4-15-14(10-13)6-8-20-15/h2-5,7,9-10H,6,8,11H2,1H3,(H,18,19)/b5-3+. The molecule has 2 heterocycles. The van der Waals surface area contributed by atoms with Gasteiger partial charge >= 0.3 is 0 Å². The van der Waals surface area contributed by atoms with Crippen molar-refractivity contribution in [2.45, 2.75) is 19.9 Å². The lowest BCUT2D eigenvalue weighted by Crippen LogP contribution is -2.19. The Morgan fingerprint density at radius 3 is 3.14 bits per heavy atom. The second-order valence-electron chi connectivity index (χ2n) is 5.04. The molecule has 0 atom stereocenters. The van der Waals surface area contributed by atoms with Crippen molar-refractivity contribution in [2.75, 3.05) is 6.61 Å². The lowest BCUT2D eigenvalue weighted by atomic mass is 10.1. The summed E-state index contributed by atoms with van der Waals surface area (Å²) in [5.74, 6) is 0.893. The first-order valence-corrected chi connectivity index (χ1v) is 7.85. The molecule has 1 aliphatic heterocycles. The summed E-state index contributed by atoms with van der Waals surface area (Å²) in [5, 5.41) is 4.95. The molecule has 21 heavy (non-hydrogen) atoms. The van der Waals surface area contributed by atoms with Crippen LogP contribution in [0.15, 0.2) is 35.7 Å². The van der Waals surface area contributed by atoms with E-state index < -0.39 is 0 Å². The number of carbonyl (C=O) groups excluding carboxylic acids is 1. The summed E-state index contributed by atoms with van der Waals surface area (Å²) in [5.41, 5.74) is 3.47. The molecule has 1 N–H and O–H groups in total. The van der Waals surface area contributed by atoms with E-state index in [0.29, 0.717) is 6.54 Å². The molecule has 2 aromatic rings. The highest BCUT2D eigenvalue weighted by Crippen LogP contribution is 2.26. The van der Waals surface area contributed by atoms with E-state index in [1.807, 2.05) is 23.6 Å². The predicted octanol–water partition coefficient (Wildman–Crippen LogP) is 3.32. The predicted molar refractivity (Wildman–Crippen MR) is 85.6 cm³/mol. The molecule has 0 fully saturated rings. The monoisotopic (exact) mass is 299 g/mol. The molecule has 0 bridgehead atoms. The maximum Gasteiger partial charge on any atom is 0.244 e. The molecule has 1 aliphatic rings. The van der Waals surface area contributed by atoms with Crippen LogP contribution in [0.25, 0.3) is 6.08 Å². The zero-order valence-electron chi connectivity index (χ0n) is 11.9. The van der Waals surface area contributed by atoms with Gasteiger partial charge in [0.25, 0.3) is 0 Å². The zero-order chi connectivity index (χ0) is 14.7. The lowest BCUT2D eigenvalue weighted by molar-refractivity contribution is -0.116. The van der Waals surface area contributed by atoms with Crippen molar-refractivity contribution in [1.82, 2.24) is 5.32 Å². The van der Waals surface area contributed by atoms with Gasteiger partial charge in [-0.05, 0) is 53.3 Å². The molecule has 1 aromatic heterocycles. The van der Waals surface area contributed by atoms with Crippen molar-refractivity contribution in [3.05, 3.63) is 57.3 Å². The van der Waals surface area contributed by atoms with Crippen LogP contribution in [0.5, 0.6) is 5.75 Å². The first-order valence-electron chi connectivity index (χ1n) is 6.97. The molecule has 108 valence electrons. The molecule has 0 saturated heterocycles. The molecule has 4 heteroatoms.